The van der Waals surface area contributed by atoms with Crippen LogP contribution in [0.5, 0.6) is 0 Å². The van der Waals surface area contributed by atoms with Crippen LogP contribution in [0, 0.1) is 0 Å². The summed E-state index contributed by atoms with van der Waals surface area (Å²) in [4.78, 5) is 25.4. The van der Waals surface area contributed by atoms with Crippen molar-refractivity contribution < 1.29 is 19.1 Å². The third kappa shape index (κ3) is 7.64. The molecule has 0 saturated carbocycles. The van der Waals surface area contributed by atoms with Gasteiger partial charge >= 0.3 is 0 Å². The maximum atomic E-state index is 12.8. The Morgan fingerprint density at radius 1 is 0.634 bits per heavy atom. The van der Waals surface area contributed by atoms with Crippen LogP contribution in [0.1, 0.15) is 75.3 Å². The number of ketones is 2. The van der Waals surface area contributed by atoms with Gasteiger partial charge in [0.25, 0.3) is 0 Å². The number of unbranched alkanes of at least 4 members (excludes halogenated alkanes) is 5. The summed E-state index contributed by atoms with van der Waals surface area (Å²) in [5.41, 5.74) is 6.46. The molecule has 4 rings (SSSR count). The molecule has 4 nitrogen and oxygen atoms in total. The molecule has 1 aliphatic rings. The number of hydrogen-bond donors (Lipinski definition) is 0. The zero-order valence-electron chi connectivity index (χ0n) is 24.7. The third-order valence-corrected chi connectivity index (χ3v) is 8.13. The van der Waals surface area contributed by atoms with E-state index < -0.39 is 0 Å². The Hall–Kier alpha value is -3.92. The van der Waals surface area contributed by atoms with E-state index in [1.165, 1.54) is 55.7 Å². The van der Waals surface area contributed by atoms with Crippen molar-refractivity contribution in [3.63, 3.8) is 0 Å². The zero-order chi connectivity index (χ0) is 29.0. The minimum absolute atomic E-state index is 0.00992. The summed E-state index contributed by atoms with van der Waals surface area (Å²) in [6.07, 6.45) is 9.35. The largest absolute Gasteiger partial charge is 0.489 e. The molecule has 0 spiro atoms. The number of rotatable bonds is 15. The number of ether oxygens (including phenoxy) is 2. The van der Waals surface area contributed by atoms with Gasteiger partial charge in [0, 0.05) is 11.1 Å². The number of benzene rings is 3. The third-order valence-electron chi connectivity index (χ3n) is 8.13. The maximum absolute atomic E-state index is 12.8. The number of Topliss-reactive ketones (excluding diaryl/α,β-unsaturated/α-hetero) is 2. The summed E-state index contributed by atoms with van der Waals surface area (Å²) < 4.78 is 10.3. The van der Waals surface area contributed by atoms with Crippen LogP contribution in [0.2, 0.25) is 0 Å². The Kier molecular flexibility index (Phi) is 11.1. The minimum Gasteiger partial charge on any atom is -0.489 e. The second kappa shape index (κ2) is 15.2. The Morgan fingerprint density at radius 3 is 1.88 bits per heavy atom. The molecular weight excluding hydrogens is 508 g/mol. The minimum atomic E-state index is -0.252. The van der Waals surface area contributed by atoms with E-state index in [9.17, 15) is 9.59 Å². The molecule has 3 aromatic carbocycles. The lowest BCUT2D eigenvalue weighted by Gasteiger charge is -2.21. The van der Waals surface area contributed by atoms with Gasteiger partial charge < -0.3 is 9.47 Å². The van der Waals surface area contributed by atoms with E-state index in [-0.39, 0.29) is 23.1 Å². The van der Waals surface area contributed by atoms with Gasteiger partial charge in [-0.2, -0.15) is 0 Å². The van der Waals surface area contributed by atoms with E-state index in [0.29, 0.717) is 23.5 Å². The van der Waals surface area contributed by atoms with Crippen LogP contribution in [-0.2, 0) is 25.5 Å². The molecule has 41 heavy (non-hydrogen) atoms. The van der Waals surface area contributed by atoms with Gasteiger partial charge in [-0.05, 0) is 60.8 Å². The first-order valence-electron chi connectivity index (χ1n) is 14.8. The topological polar surface area (TPSA) is 52.6 Å². The lowest BCUT2D eigenvalue weighted by atomic mass is 9.83. The Morgan fingerprint density at radius 2 is 1.20 bits per heavy atom. The average molecular weight is 551 g/mol. The summed E-state index contributed by atoms with van der Waals surface area (Å²) in [6.45, 7) is 1.71. The van der Waals surface area contributed by atoms with E-state index in [2.05, 4.69) is 84.9 Å². The van der Waals surface area contributed by atoms with Crippen molar-refractivity contribution in [3.8, 4) is 11.1 Å². The van der Waals surface area contributed by atoms with Gasteiger partial charge in [0.15, 0.2) is 0 Å². The molecule has 0 fully saturated rings. The summed E-state index contributed by atoms with van der Waals surface area (Å²) in [5, 5.41) is 0. The van der Waals surface area contributed by atoms with Crippen LogP contribution in [-0.4, -0.2) is 25.8 Å². The highest BCUT2D eigenvalue weighted by Crippen LogP contribution is 2.35. The fraction of sp³-hybridized carbons (Fsp3) is 0.351. The number of hydrogen-bond acceptors (Lipinski definition) is 4. The number of methoxy groups -OCH3 is 2. The number of carbonyl (C=O) groups is 2. The summed E-state index contributed by atoms with van der Waals surface area (Å²) >= 11 is 0. The fourth-order valence-electron chi connectivity index (χ4n) is 5.89. The van der Waals surface area contributed by atoms with Gasteiger partial charge in [0.1, 0.15) is 0 Å². The van der Waals surface area contributed by atoms with Crippen molar-refractivity contribution in [1.29, 1.82) is 0 Å². The molecule has 0 N–H and O–H groups in total. The van der Waals surface area contributed by atoms with E-state index in [4.69, 9.17) is 9.47 Å². The van der Waals surface area contributed by atoms with Crippen molar-refractivity contribution >= 4 is 11.6 Å². The molecule has 0 amide bonds. The van der Waals surface area contributed by atoms with Gasteiger partial charge in [0.05, 0.1) is 14.2 Å². The number of carbonyl (C=O) groups excluding carboxylic acids is 2. The second-order valence-electron chi connectivity index (χ2n) is 10.8. The van der Waals surface area contributed by atoms with E-state index in [0.717, 1.165) is 32.1 Å². The normalized spacial score (nSPS) is 14.4. The highest BCUT2D eigenvalue weighted by atomic mass is 16.5. The molecule has 4 heteroatoms. The first-order valence-corrected chi connectivity index (χ1v) is 14.8. The second-order valence-corrected chi connectivity index (χ2v) is 10.8. The van der Waals surface area contributed by atoms with Crippen LogP contribution in [0.15, 0.2) is 108 Å². The summed E-state index contributed by atoms with van der Waals surface area (Å²) in [6, 6.07) is 30.4. The van der Waals surface area contributed by atoms with Crippen molar-refractivity contribution in [2.75, 3.05) is 14.2 Å². The van der Waals surface area contributed by atoms with Crippen LogP contribution in [0.3, 0.4) is 0 Å². The smallest absolute Gasteiger partial charge is 0.228 e. The van der Waals surface area contributed by atoms with Crippen molar-refractivity contribution in [3.05, 3.63) is 119 Å². The van der Waals surface area contributed by atoms with Crippen molar-refractivity contribution in [1.82, 2.24) is 0 Å². The molecule has 0 heterocycles. The lowest BCUT2D eigenvalue weighted by Crippen LogP contribution is -2.25. The molecule has 3 aromatic rings. The predicted octanol–water partition coefficient (Wildman–Crippen LogP) is 8.77. The summed E-state index contributed by atoms with van der Waals surface area (Å²) in [5.74, 6) is 0.0193. The molecule has 0 radical (unpaired) electrons. The molecule has 0 bridgehead atoms. The van der Waals surface area contributed by atoms with E-state index >= 15 is 0 Å². The predicted molar refractivity (Wildman–Crippen MR) is 165 cm³/mol. The lowest BCUT2D eigenvalue weighted by molar-refractivity contribution is -0.121. The SMILES string of the molecule is COC1=C(OC)C(=O)C(CCCCCCCCC(Cc2ccccc2)c2ccccc2-c2ccccc2)=C(C)C1=O. The fourth-order valence-corrected chi connectivity index (χ4v) is 5.89. The van der Waals surface area contributed by atoms with Crippen molar-refractivity contribution in [2.45, 2.75) is 70.6 Å². The standard InChI is InChI=1S/C37H42O4/c1-27-31(35(39)37(41-3)36(40-2)34(27)38)23-15-7-5-4-6-12-22-30(26-28-18-10-8-11-19-28)33-25-17-16-24-32(33)29-20-13-9-14-21-29/h8-11,13-14,16-21,24-25,30H,4-7,12,15,22-23,26H2,1-3H3. The molecule has 0 saturated heterocycles. The van der Waals surface area contributed by atoms with Gasteiger partial charge in [0.2, 0.25) is 23.1 Å². The first-order chi connectivity index (χ1) is 20.0. The van der Waals surface area contributed by atoms with Gasteiger partial charge in [-0.15, -0.1) is 0 Å². The van der Waals surface area contributed by atoms with Crippen LogP contribution < -0.4 is 0 Å². The quantitative estimate of drug-likeness (QED) is 0.140. The Bertz CT molecular complexity index is 1370. The van der Waals surface area contributed by atoms with E-state index in [1.807, 2.05) is 0 Å². The molecular formula is C37H42O4. The molecule has 1 unspecified atom stereocenters. The molecule has 0 aliphatic heterocycles. The number of allylic oxidation sites excluding steroid dienone is 2. The van der Waals surface area contributed by atoms with Gasteiger partial charge in [-0.1, -0.05) is 117 Å². The van der Waals surface area contributed by atoms with E-state index in [1.54, 1.807) is 6.92 Å². The maximum Gasteiger partial charge on any atom is 0.228 e. The summed E-state index contributed by atoms with van der Waals surface area (Å²) in [7, 11) is 2.80. The molecule has 1 atom stereocenters. The highest BCUT2D eigenvalue weighted by molar-refractivity contribution is 6.23. The van der Waals surface area contributed by atoms with Gasteiger partial charge in [-0.25, -0.2) is 0 Å². The first kappa shape index (κ1) is 30.0. The molecule has 0 aromatic heterocycles. The van der Waals surface area contributed by atoms with Crippen LogP contribution >= 0.6 is 0 Å². The molecule has 214 valence electrons. The average Bonchev–Trinajstić information content (AvgIpc) is 3.01. The Labute approximate surface area is 245 Å². The van der Waals surface area contributed by atoms with Crippen molar-refractivity contribution in [2.24, 2.45) is 0 Å². The monoisotopic (exact) mass is 550 g/mol. The van der Waals surface area contributed by atoms with Gasteiger partial charge in [-0.3, -0.25) is 9.59 Å². The Balaban J connectivity index is 1.30. The highest BCUT2D eigenvalue weighted by Gasteiger charge is 2.34. The molecule has 1 aliphatic carbocycles. The zero-order valence-corrected chi connectivity index (χ0v) is 24.7. The van der Waals surface area contributed by atoms with Crippen LogP contribution in [0.25, 0.3) is 11.1 Å². The van der Waals surface area contributed by atoms with Crippen LogP contribution in [0.4, 0.5) is 0 Å².